The van der Waals surface area contributed by atoms with E-state index in [1.165, 1.54) is 0 Å². The fourth-order valence-electron chi connectivity index (χ4n) is 3.94. The number of aliphatic imine (C=N–C) groups is 2. The molecule has 31 N–H and O–H groups in total. The van der Waals surface area contributed by atoms with Crippen LogP contribution >= 0.6 is 0 Å². The molecule has 0 aromatic heterocycles. The van der Waals surface area contributed by atoms with Crippen molar-refractivity contribution in [2.24, 2.45) is 79.2 Å². The highest BCUT2D eigenvalue weighted by Gasteiger charge is 2.21. The van der Waals surface area contributed by atoms with Crippen LogP contribution in [0.1, 0.15) is 85.5 Å². The summed E-state index contributed by atoms with van der Waals surface area (Å²) in [4.78, 5) is 87.2. The molecule has 2 aliphatic rings. The number of nitrogens with two attached hydrogens (primary N) is 10. The minimum absolute atomic E-state index is 0.0129. The van der Waals surface area contributed by atoms with E-state index in [0.717, 1.165) is 45.2 Å². The lowest BCUT2D eigenvalue weighted by atomic mass is 10.0. The number of nitrogens with one attached hydrogen (secondary N) is 2. The van der Waals surface area contributed by atoms with Crippen molar-refractivity contribution in [1.82, 2.24) is 10.6 Å². The van der Waals surface area contributed by atoms with E-state index in [2.05, 4.69) is 26.4 Å². The van der Waals surface area contributed by atoms with Gasteiger partial charge in [-0.15, -0.1) is 0 Å². The highest BCUT2D eigenvalue weighted by Crippen LogP contribution is 2.05. The van der Waals surface area contributed by atoms with Gasteiger partial charge in [0.05, 0.1) is 13.2 Å². The Morgan fingerprint density at radius 3 is 1.00 bits per heavy atom. The molecule has 0 radical (unpaired) electrons. The molecule has 2 rings (SSSR count). The van der Waals surface area contributed by atoms with Crippen LogP contribution in [0.3, 0.4) is 0 Å². The number of aliphatic hydroxyl groups excluding tert-OH is 1. The van der Waals surface area contributed by atoms with Gasteiger partial charge in [-0.1, -0.05) is 34.1 Å². The molecular weight excluding hydrogens is 924 g/mol. The second-order valence-corrected chi connectivity index (χ2v) is 14.8. The minimum atomic E-state index is -1.18. The first kappa shape index (κ1) is 74.5. The van der Waals surface area contributed by atoms with Gasteiger partial charge < -0.3 is 114 Å². The van der Waals surface area contributed by atoms with Crippen LogP contribution in [-0.2, 0) is 38.4 Å². The Labute approximate surface area is 400 Å². The Balaban J connectivity index is -0.000000166. The van der Waals surface area contributed by atoms with Gasteiger partial charge >= 0.3 is 47.8 Å². The average molecular weight is 1010 g/mol. The first-order valence-electron chi connectivity index (χ1n) is 21.3. The van der Waals surface area contributed by atoms with Gasteiger partial charge in [0.15, 0.2) is 11.9 Å². The number of carbonyl (C=O) groups is 8. The van der Waals surface area contributed by atoms with Gasteiger partial charge in [-0.25, -0.2) is 0 Å². The standard InChI is InChI=1S/2C6H14N4O2.C6H13NO2.2C5H9NO2.C5H11NO2.C3H7NO3.C2H5NO2/c2*7-4(5(11)12)2-1-3-10-6(8)9;1-3-4(2)5(7)6(8)9;2*7-5(8)4-2-1-3-6-4;1-3(2)4(6)5(7)8;4-2(1-5)3(6)7;3-1-2(4)5/h2*4H,1-3,7H2,(H,11,12)(H4,8,9,10);4-5H,3,7H2,1-2H3,(H,8,9);2*4,6H,1-3H2,(H,7,8);3-4H,6H2,1-2H3,(H,7,8);2,5H,1,4H2,(H,6,7);1,3H2,(H,4,5)/t;;;2*4-;;;/m...00.../s1. The summed E-state index contributed by atoms with van der Waals surface area (Å²) in [5, 5.41) is 79.3. The zero-order chi connectivity index (χ0) is 55.4. The maximum Gasteiger partial charge on any atom is 0.322 e. The number of rotatable bonds is 20. The minimum Gasteiger partial charge on any atom is -0.480 e. The summed E-state index contributed by atoms with van der Waals surface area (Å²) < 4.78 is 0. The van der Waals surface area contributed by atoms with Crippen molar-refractivity contribution in [2.45, 2.75) is 128 Å². The number of carboxylic acid groups (broad SMARTS) is 8. The van der Waals surface area contributed by atoms with Crippen LogP contribution in [0.4, 0.5) is 0 Å². The fourth-order valence-corrected chi connectivity index (χ4v) is 3.94. The van der Waals surface area contributed by atoms with Gasteiger partial charge in [0.25, 0.3) is 0 Å². The molecular formula is C38H82N14O17. The van der Waals surface area contributed by atoms with E-state index < -0.39 is 84.6 Å². The monoisotopic (exact) mass is 1010 g/mol. The topological polar surface area (TPSA) is 628 Å². The second-order valence-electron chi connectivity index (χ2n) is 14.8. The number of guanidine groups is 2. The highest BCUT2D eigenvalue weighted by molar-refractivity contribution is 5.77. The van der Waals surface area contributed by atoms with Crippen LogP contribution in [0.25, 0.3) is 0 Å². The van der Waals surface area contributed by atoms with Crippen LogP contribution in [-0.4, -0.2) is 187 Å². The van der Waals surface area contributed by atoms with Gasteiger partial charge in [0.1, 0.15) is 42.3 Å². The van der Waals surface area contributed by atoms with Crippen molar-refractivity contribution in [3.63, 3.8) is 0 Å². The van der Waals surface area contributed by atoms with Crippen molar-refractivity contribution in [3.05, 3.63) is 0 Å². The van der Waals surface area contributed by atoms with E-state index in [1.807, 2.05) is 13.8 Å². The lowest BCUT2D eigenvalue weighted by Gasteiger charge is -2.11. The smallest absolute Gasteiger partial charge is 0.322 e. The Kier molecular flexibility index (Phi) is 50.8. The second kappa shape index (κ2) is 47.0. The van der Waals surface area contributed by atoms with E-state index in [9.17, 15) is 38.4 Å². The molecule has 0 aromatic rings. The molecule has 2 heterocycles. The molecule has 0 aromatic carbocycles. The number of aliphatic carboxylic acids is 8. The van der Waals surface area contributed by atoms with Crippen LogP contribution in [0.5, 0.6) is 0 Å². The van der Waals surface area contributed by atoms with Gasteiger partial charge in [-0.2, -0.15) is 0 Å². The molecule has 0 aliphatic carbocycles. The number of hydrogen-bond acceptors (Lipinski definition) is 19. The summed E-state index contributed by atoms with van der Waals surface area (Å²) in [5.41, 5.74) is 50.4. The third-order valence-corrected chi connectivity index (χ3v) is 8.52. The summed E-state index contributed by atoms with van der Waals surface area (Å²) in [6.07, 6.45) is 6.29. The zero-order valence-corrected chi connectivity index (χ0v) is 39.8. The molecule has 2 saturated heterocycles. The molecule has 0 spiro atoms. The molecule has 0 bridgehead atoms. The van der Waals surface area contributed by atoms with Crippen molar-refractivity contribution in [1.29, 1.82) is 0 Å². The molecule has 406 valence electrons. The molecule has 2 fully saturated rings. The molecule has 31 heteroatoms. The highest BCUT2D eigenvalue weighted by atomic mass is 16.4. The number of carboxylic acids is 8. The number of aliphatic hydroxyl groups is 1. The molecule has 8 atom stereocenters. The predicted octanol–water partition coefficient (Wildman–Crippen LogP) is -5.53. The van der Waals surface area contributed by atoms with Gasteiger partial charge in [0.2, 0.25) is 0 Å². The predicted molar refractivity (Wildman–Crippen MR) is 253 cm³/mol. The maximum absolute atomic E-state index is 10.2. The van der Waals surface area contributed by atoms with E-state index in [-0.39, 0.29) is 42.4 Å². The van der Waals surface area contributed by atoms with Crippen LogP contribution < -0.4 is 68.0 Å². The molecule has 31 nitrogen and oxygen atoms in total. The normalized spacial score (nSPS) is 16.5. The van der Waals surface area contributed by atoms with Crippen molar-refractivity contribution in [2.75, 3.05) is 39.3 Å². The summed E-state index contributed by atoms with van der Waals surface area (Å²) >= 11 is 0. The Hall–Kier alpha value is -6.06. The average Bonchev–Trinajstić information content (AvgIpc) is 4.03. The van der Waals surface area contributed by atoms with Crippen molar-refractivity contribution >= 4 is 59.7 Å². The van der Waals surface area contributed by atoms with Crippen molar-refractivity contribution in [3.8, 4) is 0 Å². The summed E-state index contributed by atoms with van der Waals surface area (Å²) in [6, 6.07) is -4.71. The first-order chi connectivity index (χ1) is 31.8. The van der Waals surface area contributed by atoms with Gasteiger partial charge in [-0.05, 0) is 76.3 Å². The Morgan fingerprint density at radius 2 is 0.884 bits per heavy atom. The lowest BCUT2D eigenvalue weighted by molar-refractivity contribution is -0.140. The maximum atomic E-state index is 10.2. The quantitative estimate of drug-likeness (QED) is 0.0307. The fraction of sp³-hybridized carbons (Fsp3) is 0.737. The molecule has 69 heavy (non-hydrogen) atoms. The lowest BCUT2D eigenvalue weighted by Crippen LogP contribution is -2.36. The number of nitrogens with zero attached hydrogens (tertiary/aromatic N) is 2. The summed E-state index contributed by atoms with van der Waals surface area (Å²) in [6.45, 7) is 9.08. The zero-order valence-electron chi connectivity index (χ0n) is 39.8. The largest absolute Gasteiger partial charge is 0.480 e. The van der Waals surface area contributed by atoms with Crippen LogP contribution in [0, 0.1) is 11.8 Å². The van der Waals surface area contributed by atoms with E-state index >= 15 is 0 Å². The van der Waals surface area contributed by atoms with E-state index in [0.29, 0.717) is 38.8 Å². The summed E-state index contributed by atoms with van der Waals surface area (Å²) in [5.74, 6) is -7.31. The van der Waals surface area contributed by atoms with E-state index in [1.54, 1.807) is 13.8 Å². The third kappa shape index (κ3) is 54.4. The Bertz CT molecular complexity index is 1410. The summed E-state index contributed by atoms with van der Waals surface area (Å²) in [7, 11) is 0. The molecule has 0 saturated carbocycles. The van der Waals surface area contributed by atoms with E-state index in [4.69, 9.17) is 97.6 Å². The van der Waals surface area contributed by atoms with Gasteiger partial charge in [0, 0.05) is 13.1 Å². The molecule has 2 aliphatic heterocycles. The third-order valence-electron chi connectivity index (χ3n) is 8.52. The van der Waals surface area contributed by atoms with Crippen LogP contribution in [0.15, 0.2) is 9.98 Å². The number of hydrogen-bond donors (Lipinski definition) is 21. The SMILES string of the molecule is CC(C)C(N)C(=O)O.CCC(C)C(N)C(=O)O.NC(CO)C(=O)O.NC(N)=NCCCC(N)C(=O)O.NC(N)=NCCCC(N)C(=O)O.NCC(=O)O.O=C(O)[C@@H]1CCCN1.O=C(O)[C@@H]1CCCN1. The Morgan fingerprint density at radius 1 is 0.565 bits per heavy atom. The molecule has 0 amide bonds. The first-order valence-corrected chi connectivity index (χ1v) is 21.3. The van der Waals surface area contributed by atoms with Crippen molar-refractivity contribution < 1.29 is 84.3 Å². The van der Waals surface area contributed by atoms with Crippen LogP contribution in [0.2, 0.25) is 0 Å². The van der Waals surface area contributed by atoms with Gasteiger partial charge in [-0.3, -0.25) is 48.3 Å². The molecule has 6 unspecified atom stereocenters.